The molecule has 7 nitrogen and oxygen atoms in total. The van der Waals surface area contributed by atoms with Crippen molar-refractivity contribution in [2.45, 2.75) is 12.7 Å². The number of amides is 3. The molecule has 1 aliphatic heterocycles. The molecule has 0 radical (unpaired) electrons. The lowest BCUT2D eigenvalue weighted by Gasteiger charge is -2.13. The average molecular weight is 416 g/mol. The van der Waals surface area contributed by atoms with Gasteiger partial charge in [0.05, 0.1) is 4.88 Å². The van der Waals surface area contributed by atoms with Crippen LogP contribution in [-0.4, -0.2) is 34.4 Å². The van der Waals surface area contributed by atoms with Crippen molar-refractivity contribution < 1.29 is 18.8 Å². The SMILES string of the molecule is CC(=O)NC1=NC(SCc2ccc(F)cc2)=NC(=O)C1=NC(=O)c1cccs1. The number of aliphatic imine (C=N–C) groups is 3. The van der Waals surface area contributed by atoms with E-state index in [4.69, 9.17) is 0 Å². The number of thioether (sulfide) groups is 1. The van der Waals surface area contributed by atoms with Gasteiger partial charge in [-0.25, -0.2) is 9.38 Å². The van der Waals surface area contributed by atoms with Gasteiger partial charge in [-0.3, -0.25) is 14.4 Å². The largest absolute Gasteiger partial charge is 0.309 e. The van der Waals surface area contributed by atoms with E-state index in [1.165, 1.54) is 30.4 Å². The molecule has 1 aliphatic rings. The van der Waals surface area contributed by atoms with Gasteiger partial charge in [0, 0.05) is 12.7 Å². The van der Waals surface area contributed by atoms with Crippen molar-refractivity contribution in [3.8, 4) is 0 Å². The molecule has 0 bridgehead atoms. The number of carbonyl (C=O) groups is 3. The smallest absolute Gasteiger partial charge is 0.302 e. The number of nitrogens with one attached hydrogen (secondary N) is 1. The first kappa shape index (κ1) is 19.8. The van der Waals surface area contributed by atoms with Crippen LogP contribution in [0.1, 0.15) is 22.2 Å². The number of carbonyl (C=O) groups excluding carboxylic acids is 3. The fraction of sp³-hybridized carbons (Fsp3) is 0.111. The Morgan fingerprint density at radius 2 is 1.96 bits per heavy atom. The summed E-state index contributed by atoms with van der Waals surface area (Å²) in [6.07, 6.45) is 0. The first-order valence-electron chi connectivity index (χ1n) is 7.96. The molecule has 0 fully saturated rings. The Bertz CT molecular complexity index is 1010. The number of rotatable bonds is 3. The van der Waals surface area contributed by atoms with E-state index in [1.54, 1.807) is 29.6 Å². The van der Waals surface area contributed by atoms with Crippen LogP contribution in [0.5, 0.6) is 0 Å². The van der Waals surface area contributed by atoms with Gasteiger partial charge in [0.15, 0.2) is 16.7 Å². The Balaban J connectivity index is 1.81. The summed E-state index contributed by atoms with van der Waals surface area (Å²) in [4.78, 5) is 48.2. The second-order valence-electron chi connectivity index (χ2n) is 5.50. The summed E-state index contributed by atoms with van der Waals surface area (Å²) in [5.74, 6) is -1.93. The van der Waals surface area contributed by atoms with Crippen molar-refractivity contribution >= 4 is 57.5 Å². The quantitative estimate of drug-likeness (QED) is 0.831. The molecular formula is C18H13FN4O3S2. The molecule has 0 unspecified atom stereocenters. The Labute approximate surface area is 167 Å². The fourth-order valence-electron chi connectivity index (χ4n) is 2.12. The Kier molecular flexibility index (Phi) is 6.22. The predicted molar refractivity (Wildman–Crippen MR) is 107 cm³/mol. The number of thiophene rings is 1. The molecule has 3 rings (SSSR count). The molecule has 1 aromatic heterocycles. The summed E-state index contributed by atoms with van der Waals surface area (Å²) in [6, 6.07) is 9.14. The molecule has 10 heteroatoms. The zero-order valence-corrected chi connectivity index (χ0v) is 16.1. The third-order valence-corrected chi connectivity index (χ3v) is 5.13. The molecule has 1 aromatic carbocycles. The molecule has 0 spiro atoms. The second kappa shape index (κ2) is 8.81. The zero-order chi connectivity index (χ0) is 20.1. The summed E-state index contributed by atoms with van der Waals surface area (Å²) < 4.78 is 13.0. The van der Waals surface area contributed by atoms with Gasteiger partial charge in [0.2, 0.25) is 5.91 Å². The lowest BCUT2D eigenvalue weighted by atomic mass is 10.2. The molecule has 1 N–H and O–H groups in total. The van der Waals surface area contributed by atoms with Gasteiger partial charge in [0.1, 0.15) is 5.82 Å². The van der Waals surface area contributed by atoms with Crippen LogP contribution in [0, 0.1) is 5.82 Å². The number of nitrogens with zero attached hydrogens (tertiary/aromatic N) is 3. The molecule has 0 saturated carbocycles. The van der Waals surface area contributed by atoms with Crippen molar-refractivity contribution in [2.75, 3.05) is 0 Å². The van der Waals surface area contributed by atoms with Gasteiger partial charge < -0.3 is 5.32 Å². The first-order valence-corrected chi connectivity index (χ1v) is 9.82. The predicted octanol–water partition coefficient (Wildman–Crippen LogP) is 2.83. The van der Waals surface area contributed by atoms with Crippen LogP contribution in [0.15, 0.2) is 56.8 Å². The Morgan fingerprint density at radius 1 is 1.21 bits per heavy atom. The highest BCUT2D eigenvalue weighted by Crippen LogP contribution is 2.18. The van der Waals surface area contributed by atoms with Crippen LogP contribution in [0.4, 0.5) is 4.39 Å². The maximum Gasteiger partial charge on any atom is 0.302 e. The standard InChI is InChI=1S/C18H13FN4O3S2/c1-10(24)20-15-14(21-16(25)13-3-2-8-27-13)17(26)23-18(22-15)28-9-11-4-6-12(19)7-5-11/h2-8H,9H2,1H3,(H,20,22,23,24,26). The van der Waals surface area contributed by atoms with E-state index in [-0.39, 0.29) is 22.5 Å². The van der Waals surface area contributed by atoms with E-state index >= 15 is 0 Å². The normalized spacial score (nSPS) is 15.2. The summed E-state index contributed by atoms with van der Waals surface area (Å²) in [6.45, 7) is 1.25. The topological polar surface area (TPSA) is 100 Å². The maximum absolute atomic E-state index is 13.0. The van der Waals surface area contributed by atoms with Crippen molar-refractivity contribution in [2.24, 2.45) is 15.0 Å². The van der Waals surface area contributed by atoms with E-state index in [1.807, 2.05) is 0 Å². The number of hydrogen-bond acceptors (Lipinski definition) is 6. The van der Waals surface area contributed by atoms with Gasteiger partial charge in [0.25, 0.3) is 5.91 Å². The van der Waals surface area contributed by atoms with Crippen molar-refractivity contribution in [3.05, 3.63) is 58.0 Å². The molecule has 28 heavy (non-hydrogen) atoms. The van der Waals surface area contributed by atoms with Crippen molar-refractivity contribution in [1.82, 2.24) is 5.32 Å². The van der Waals surface area contributed by atoms with E-state index in [0.717, 1.165) is 17.3 Å². The van der Waals surface area contributed by atoms with E-state index in [2.05, 4.69) is 20.3 Å². The maximum atomic E-state index is 13.0. The van der Waals surface area contributed by atoms with Gasteiger partial charge in [-0.2, -0.15) is 9.98 Å². The average Bonchev–Trinajstić information content (AvgIpc) is 3.18. The van der Waals surface area contributed by atoms with Crippen LogP contribution in [0.3, 0.4) is 0 Å². The first-order chi connectivity index (χ1) is 13.4. The number of hydrogen-bond donors (Lipinski definition) is 1. The van der Waals surface area contributed by atoms with Crippen LogP contribution in [-0.2, 0) is 15.3 Å². The number of amidine groups is 2. The van der Waals surface area contributed by atoms with Crippen LogP contribution in [0.25, 0.3) is 0 Å². The molecule has 0 aliphatic carbocycles. The van der Waals surface area contributed by atoms with Gasteiger partial charge >= 0.3 is 5.91 Å². The molecule has 142 valence electrons. The summed E-state index contributed by atoms with van der Waals surface area (Å²) >= 11 is 2.32. The highest BCUT2D eigenvalue weighted by molar-refractivity contribution is 8.13. The molecule has 0 saturated heterocycles. The molecular weight excluding hydrogens is 403 g/mol. The second-order valence-corrected chi connectivity index (χ2v) is 7.39. The minimum atomic E-state index is -0.773. The van der Waals surface area contributed by atoms with Gasteiger partial charge in [-0.15, -0.1) is 11.3 Å². The minimum absolute atomic E-state index is 0.112. The number of benzene rings is 1. The van der Waals surface area contributed by atoms with Crippen molar-refractivity contribution in [1.29, 1.82) is 0 Å². The molecule has 2 aromatic rings. The molecule has 0 atom stereocenters. The third-order valence-electron chi connectivity index (χ3n) is 3.35. The lowest BCUT2D eigenvalue weighted by molar-refractivity contribution is -0.117. The summed E-state index contributed by atoms with van der Waals surface area (Å²) in [5, 5.41) is 4.24. The highest BCUT2D eigenvalue weighted by Gasteiger charge is 2.26. The van der Waals surface area contributed by atoms with Crippen LogP contribution in [0.2, 0.25) is 0 Å². The lowest BCUT2D eigenvalue weighted by Crippen LogP contribution is -2.41. The summed E-state index contributed by atoms with van der Waals surface area (Å²) in [7, 11) is 0. The van der Waals surface area contributed by atoms with E-state index in [0.29, 0.717) is 10.6 Å². The summed E-state index contributed by atoms with van der Waals surface area (Å²) in [5.41, 5.74) is 0.491. The Morgan fingerprint density at radius 3 is 2.61 bits per heavy atom. The monoisotopic (exact) mass is 416 g/mol. The van der Waals surface area contributed by atoms with Crippen LogP contribution < -0.4 is 5.32 Å². The highest BCUT2D eigenvalue weighted by atomic mass is 32.2. The van der Waals surface area contributed by atoms with Gasteiger partial charge in [-0.1, -0.05) is 30.0 Å². The third kappa shape index (κ3) is 5.05. The zero-order valence-electron chi connectivity index (χ0n) is 14.5. The minimum Gasteiger partial charge on any atom is -0.309 e. The van der Waals surface area contributed by atoms with Gasteiger partial charge in [-0.05, 0) is 29.1 Å². The molecule has 3 amide bonds. The fourth-order valence-corrected chi connectivity index (χ4v) is 3.52. The Hall–Kier alpha value is -2.98. The van der Waals surface area contributed by atoms with E-state index < -0.39 is 17.7 Å². The molecule has 2 heterocycles. The van der Waals surface area contributed by atoms with E-state index in [9.17, 15) is 18.8 Å². The number of halogens is 1. The van der Waals surface area contributed by atoms with Crippen LogP contribution >= 0.6 is 23.1 Å². The van der Waals surface area contributed by atoms with Crippen molar-refractivity contribution in [3.63, 3.8) is 0 Å².